The summed E-state index contributed by atoms with van der Waals surface area (Å²) in [5.74, 6) is 2.04. The number of nitrogens with zero attached hydrogens (tertiary/aromatic N) is 3. The van der Waals surface area contributed by atoms with Crippen molar-refractivity contribution < 1.29 is 9.47 Å². The second-order valence-corrected chi connectivity index (χ2v) is 9.47. The molecular weight excluding hydrogens is 500 g/mol. The third-order valence-corrected chi connectivity index (χ3v) is 6.30. The van der Waals surface area contributed by atoms with Crippen LogP contribution in [0, 0.1) is 0 Å². The van der Waals surface area contributed by atoms with Gasteiger partial charge >= 0.3 is 0 Å². The second-order valence-electron chi connectivity index (χ2n) is 7.33. The lowest BCUT2D eigenvalue weighted by molar-refractivity contribution is 0.214. The third-order valence-electron chi connectivity index (χ3n) is 5.09. The van der Waals surface area contributed by atoms with E-state index in [0.717, 1.165) is 38.4 Å². The number of rotatable bonds is 6. The Balaban J connectivity index is 1.50. The smallest absolute Gasteiger partial charge is 0.247 e. The van der Waals surface area contributed by atoms with Gasteiger partial charge in [0.1, 0.15) is 12.4 Å². The van der Waals surface area contributed by atoms with Gasteiger partial charge in [-0.1, -0.05) is 77.1 Å². The molecule has 0 amide bonds. The molecule has 1 aliphatic rings. The molecule has 1 aromatic heterocycles. The van der Waals surface area contributed by atoms with Crippen LogP contribution in [-0.2, 0) is 6.61 Å². The van der Waals surface area contributed by atoms with Gasteiger partial charge in [0.25, 0.3) is 0 Å². The summed E-state index contributed by atoms with van der Waals surface area (Å²) in [5.41, 5.74) is 4.36. The Bertz CT molecular complexity index is 1290. The first-order valence-electron chi connectivity index (χ1n) is 10.6. The second kappa shape index (κ2) is 9.80. The average Bonchev–Trinajstić information content (AvgIpc) is 3.00. The van der Waals surface area contributed by atoms with Crippen LogP contribution in [-0.4, -0.2) is 20.9 Å². The number of hydrogen-bond donors (Lipinski definition) is 1. The topological polar surface area (TPSA) is 69.2 Å². The summed E-state index contributed by atoms with van der Waals surface area (Å²) >= 11 is 5.05. The number of ether oxygens (including phenoxy) is 2. The van der Waals surface area contributed by atoms with Gasteiger partial charge in [-0.15, -0.1) is 10.2 Å². The van der Waals surface area contributed by atoms with Gasteiger partial charge in [-0.25, -0.2) is 0 Å². The molecule has 0 spiro atoms. The highest BCUT2D eigenvalue weighted by Crippen LogP contribution is 2.41. The maximum atomic E-state index is 6.40. The number of anilines is 1. The van der Waals surface area contributed by atoms with E-state index in [1.54, 1.807) is 0 Å². The van der Waals surface area contributed by atoms with Crippen molar-refractivity contribution in [2.45, 2.75) is 24.9 Å². The van der Waals surface area contributed by atoms with Crippen LogP contribution in [0.1, 0.15) is 24.3 Å². The van der Waals surface area contributed by atoms with E-state index in [1.165, 1.54) is 11.8 Å². The molecule has 0 saturated heterocycles. The summed E-state index contributed by atoms with van der Waals surface area (Å²) in [6.07, 6.45) is -0.512. The van der Waals surface area contributed by atoms with E-state index >= 15 is 0 Å². The summed E-state index contributed by atoms with van der Waals surface area (Å²) in [5, 5.41) is 12.8. The van der Waals surface area contributed by atoms with Crippen molar-refractivity contribution in [1.82, 2.24) is 15.2 Å². The van der Waals surface area contributed by atoms with E-state index < -0.39 is 6.23 Å². The molecule has 1 unspecified atom stereocenters. The third kappa shape index (κ3) is 4.82. The molecular formula is C25H21BrN4O2S. The highest BCUT2D eigenvalue weighted by Gasteiger charge is 2.27. The van der Waals surface area contributed by atoms with Crippen LogP contribution in [0.25, 0.3) is 11.3 Å². The van der Waals surface area contributed by atoms with Crippen LogP contribution in [0.3, 0.4) is 0 Å². The number of halogens is 1. The van der Waals surface area contributed by atoms with E-state index in [9.17, 15) is 0 Å². The minimum atomic E-state index is -0.512. The van der Waals surface area contributed by atoms with Gasteiger partial charge in [0, 0.05) is 15.7 Å². The van der Waals surface area contributed by atoms with Crippen molar-refractivity contribution >= 4 is 33.4 Å². The highest BCUT2D eigenvalue weighted by molar-refractivity contribution is 9.10. The molecule has 166 valence electrons. The van der Waals surface area contributed by atoms with Gasteiger partial charge in [-0.05, 0) is 41.6 Å². The van der Waals surface area contributed by atoms with Crippen LogP contribution in [0.5, 0.6) is 11.6 Å². The average molecular weight is 521 g/mol. The summed E-state index contributed by atoms with van der Waals surface area (Å²) in [4.78, 5) is 4.65. The quantitative estimate of drug-likeness (QED) is 0.291. The minimum absolute atomic E-state index is 0.442. The van der Waals surface area contributed by atoms with Gasteiger partial charge in [-0.2, -0.15) is 4.98 Å². The Morgan fingerprint density at radius 2 is 1.88 bits per heavy atom. The Hall–Kier alpha value is -3.10. The van der Waals surface area contributed by atoms with Crippen LogP contribution in [0.4, 0.5) is 5.69 Å². The molecule has 33 heavy (non-hydrogen) atoms. The fraction of sp³-hybridized carbons (Fsp3) is 0.160. The molecule has 0 saturated carbocycles. The summed E-state index contributed by atoms with van der Waals surface area (Å²) in [6, 6.07) is 23.9. The number of nitrogens with one attached hydrogen (secondary N) is 1. The molecule has 6 nitrogen and oxygen atoms in total. The first-order chi connectivity index (χ1) is 16.2. The number of benzene rings is 3. The molecule has 0 aliphatic carbocycles. The van der Waals surface area contributed by atoms with Gasteiger partial charge in [-0.3, -0.25) is 0 Å². The van der Waals surface area contributed by atoms with E-state index in [4.69, 9.17) is 9.47 Å². The monoisotopic (exact) mass is 520 g/mol. The number of thioether (sulfide) groups is 1. The van der Waals surface area contributed by atoms with Crippen molar-refractivity contribution in [2.24, 2.45) is 0 Å². The van der Waals surface area contributed by atoms with Crippen molar-refractivity contribution in [3.63, 3.8) is 0 Å². The van der Waals surface area contributed by atoms with E-state index in [0.29, 0.717) is 23.3 Å². The van der Waals surface area contributed by atoms with Crippen molar-refractivity contribution in [2.75, 3.05) is 11.1 Å². The summed E-state index contributed by atoms with van der Waals surface area (Å²) < 4.78 is 13.6. The lowest BCUT2D eigenvalue weighted by atomic mass is 10.1. The largest absolute Gasteiger partial charge is 0.488 e. The maximum absolute atomic E-state index is 6.40. The molecule has 1 N–H and O–H groups in total. The molecule has 0 radical (unpaired) electrons. The molecule has 8 heteroatoms. The van der Waals surface area contributed by atoms with Crippen molar-refractivity contribution in [3.8, 4) is 22.9 Å². The number of para-hydroxylation sites is 2. The van der Waals surface area contributed by atoms with E-state index in [1.807, 2.05) is 72.8 Å². The van der Waals surface area contributed by atoms with Crippen LogP contribution in [0.2, 0.25) is 0 Å². The molecule has 3 aromatic carbocycles. The maximum Gasteiger partial charge on any atom is 0.247 e. The Labute approximate surface area is 204 Å². The first kappa shape index (κ1) is 21.7. The van der Waals surface area contributed by atoms with Crippen LogP contribution in [0.15, 0.2) is 82.4 Å². The molecule has 1 aliphatic heterocycles. The van der Waals surface area contributed by atoms with Gasteiger partial charge in [0.15, 0.2) is 5.69 Å². The molecule has 5 rings (SSSR count). The predicted molar refractivity (Wildman–Crippen MR) is 134 cm³/mol. The lowest BCUT2D eigenvalue weighted by Gasteiger charge is -2.22. The Morgan fingerprint density at radius 1 is 1.03 bits per heavy atom. The molecule has 0 bridgehead atoms. The fourth-order valence-electron chi connectivity index (χ4n) is 3.59. The fourth-order valence-corrected chi connectivity index (χ4v) is 4.55. The Kier molecular flexibility index (Phi) is 6.46. The zero-order valence-corrected chi connectivity index (χ0v) is 20.3. The predicted octanol–water partition coefficient (Wildman–Crippen LogP) is 6.50. The normalized spacial score (nSPS) is 14.3. The van der Waals surface area contributed by atoms with Crippen molar-refractivity contribution in [3.05, 3.63) is 88.4 Å². The number of hydrogen-bond acceptors (Lipinski definition) is 7. The Morgan fingerprint density at radius 3 is 2.76 bits per heavy atom. The molecule has 4 aromatic rings. The molecule has 1 atom stereocenters. The minimum Gasteiger partial charge on any atom is -0.488 e. The summed E-state index contributed by atoms with van der Waals surface area (Å²) in [7, 11) is 0. The van der Waals surface area contributed by atoms with E-state index in [2.05, 4.69) is 43.4 Å². The highest BCUT2D eigenvalue weighted by atomic mass is 79.9. The zero-order chi connectivity index (χ0) is 22.6. The number of aromatic nitrogens is 3. The first-order valence-corrected chi connectivity index (χ1v) is 12.4. The number of fused-ring (bicyclic) bond motifs is 3. The van der Waals surface area contributed by atoms with Gasteiger partial charge in [0.2, 0.25) is 17.3 Å². The standard InChI is InChI=1S/C25H21BrN4O2S/c1-2-33-25-28-24-22(29-30-25)18-10-3-5-12-20(18)27-23(32-24)19-11-4-6-13-21(19)31-15-16-8-7-9-17(26)14-16/h3-14,23,27H,2,15H2,1H3. The van der Waals surface area contributed by atoms with E-state index in [-0.39, 0.29) is 0 Å². The summed E-state index contributed by atoms with van der Waals surface area (Å²) in [6.45, 7) is 2.50. The zero-order valence-electron chi connectivity index (χ0n) is 17.9. The SMILES string of the molecule is CCSc1nnc2c(n1)OC(c1ccccc1OCc1cccc(Br)c1)Nc1ccccc1-2. The molecule has 2 heterocycles. The molecule has 0 fully saturated rings. The van der Waals surface area contributed by atoms with Crippen LogP contribution < -0.4 is 14.8 Å². The van der Waals surface area contributed by atoms with Gasteiger partial charge in [0.05, 0.1) is 5.56 Å². The van der Waals surface area contributed by atoms with Crippen molar-refractivity contribution in [1.29, 1.82) is 0 Å². The van der Waals surface area contributed by atoms with Gasteiger partial charge < -0.3 is 14.8 Å². The van der Waals surface area contributed by atoms with Crippen LogP contribution >= 0.6 is 27.7 Å². The lowest BCUT2D eigenvalue weighted by Crippen LogP contribution is -2.18.